The molecule has 1 aromatic rings. The summed E-state index contributed by atoms with van der Waals surface area (Å²) >= 11 is 0. The van der Waals surface area contributed by atoms with Gasteiger partial charge in [0.2, 0.25) is 15.9 Å². The number of likely N-dealkylation sites (tertiary alicyclic amines) is 1. The van der Waals surface area contributed by atoms with E-state index in [1.807, 2.05) is 4.90 Å². The highest BCUT2D eigenvalue weighted by atomic mass is 32.2. The Labute approximate surface area is 144 Å². The van der Waals surface area contributed by atoms with Crippen LogP contribution in [0.3, 0.4) is 0 Å². The van der Waals surface area contributed by atoms with Gasteiger partial charge in [-0.1, -0.05) is 31.5 Å². The van der Waals surface area contributed by atoms with E-state index in [0.717, 1.165) is 38.8 Å². The Morgan fingerprint density at radius 1 is 1.00 bits per heavy atom. The average molecular weight is 350 g/mol. The van der Waals surface area contributed by atoms with Gasteiger partial charge in [-0.25, -0.2) is 8.42 Å². The number of piperidine rings is 2. The van der Waals surface area contributed by atoms with Crippen LogP contribution >= 0.6 is 0 Å². The molecule has 0 aromatic heterocycles. The van der Waals surface area contributed by atoms with Gasteiger partial charge in [-0.05, 0) is 43.7 Å². The number of sulfonamides is 1. The second kappa shape index (κ2) is 7.23. The third kappa shape index (κ3) is 3.49. The van der Waals surface area contributed by atoms with Gasteiger partial charge in [0.05, 0.1) is 4.90 Å². The number of amides is 1. The van der Waals surface area contributed by atoms with Gasteiger partial charge < -0.3 is 4.90 Å². The van der Waals surface area contributed by atoms with Crippen molar-refractivity contribution in [3.63, 3.8) is 0 Å². The smallest absolute Gasteiger partial charge is 0.243 e. The molecule has 2 heterocycles. The van der Waals surface area contributed by atoms with Gasteiger partial charge in [-0.3, -0.25) is 4.79 Å². The maximum Gasteiger partial charge on any atom is 0.243 e. The summed E-state index contributed by atoms with van der Waals surface area (Å²) in [5, 5.41) is 0. The van der Waals surface area contributed by atoms with Crippen LogP contribution in [0.4, 0.5) is 0 Å². The molecule has 0 spiro atoms. The van der Waals surface area contributed by atoms with Gasteiger partial charge in [0.1, 0.15) is 6.04 Å². The third-order valence-corrected chi connectivity index (χ3v) is 7.11. The summed E-state index contributed by atoms with van der Waals surface area (Å²) in [4.78, 5) is 15.1. The maximum atomic E-state index is 13.0. The summed E-state index contributed by atoms with van der Waals surface area (Å²) in [7, 11) is -3.62. The molecular weight excluding hydrogens is 324 g/mol. The van der Waals surface area contributed by atoms with Crippen molar-refractivity contribution in [2.24, 2.45) is 5.92 Å². The Bertz CT molecular complexity index is 667. The first-order valence-electron chi connectivity index (χ1n) is 8.86. The first kappa shape index (κ1) is 17.4. The Hall–Kier alpha value is -1.40. The van der Waals surface area contributed by atoms with Crippen molar-refractivity contribution in [1.82, 2.24) is 9.21 Å². The van der Waals surface area contributed by atoms with Crippen LogP contribution in [-0.4, -0.2) is 49.2 Å². The molecule has 2 aliphatic heterocycles. The molecule has 1 unspecified atom stereocenters. The molecule has 132 valence electrons. The lowest BCUT2D eigenvalue weighted by Crippen LogP contribution is -2.54. The second-order valence-corrected chi connectivity index (χ2v) is 8.84. The summed E-state index contributed by atoms with van der Waals surface area (Å²) in [5.41, 5.74) is 0. The minimum Gasteiger partial charge on any atom is -0.341 e. The molecule has 6 heteroatoms. The summed E-state index contributed by atoms with van der Waals surface area (Å²) in [6.07, 6.45) is 4.35. The SMILES string of the molecule is CC1CCN(C(=O)C2CCCCN2S(=O)(=O)c2ccccc2)CC1. The Balaban J connectivity index is 1.82. The Morgan fingerprint density at radius 3 is 2.33 bits per heavy atom. The molecule has 24 heavy (non-hydrogen) atoms. The zero-order chi connectivity index (χ0) is 17.2. The molecule has 2 fully saturated rings. The fourth-order valence-corrected chi connectivity index (χ4v) is 5.28. The second-order valence-electron chi connectivity index (χ2n) is 6.95. The van der Waals surface area contributed by atoms with E-state index in [1.165, 1.54) is 4.31 Å². The van der Waals surface area contributed by atoms with Crippen molar-refractivity contribution in [2.45, 2.75) is 50.0 Å². The molecule has 0 aliphatic carbocycles. The lowest BCUT2D eigenvalue weighted by Gasteiger charge is -2.38. The highest BCUT2D eigenvalue weighted by Crippen LogP contribution is 2.27. The highest BCUT2D eigenvalue weighted by molar-refractivity contribution is 7.89. The van der Waals surface area contributed by atoms with Crippen LogP contribution in [0.1, 0.15) is 39.0 Å². The number of benzene rings is 1. The lowest BCUT2D eigenvalue weighted by atomic mass is 9.97. The van der Waals surface area contributed by atoms with E-state index < -0.39 is 16.1 Å². The molecule has 3 rings (SSSR count). The molecule has 5 nitrogen and oxygen atoms in total. The number of hydrogen-bond acceptors (Lipinski definition) is 3. The van der Waals surface area contributed by atoms with Gasteiger partial charge in [0, 0.05) is 19.6 Å². The van der Waals surface area contributed by atoms with Crippen LogP contribution in [0, 0.1) is 5.92 Å². The molecule has 0 saturated carbocycles. The summed E-state index contributed by atoms with van der Waals surface area (Å²) in [5.74, 6) is 0.630. The molecule has 2 aliphatic rings. The van der Waals surface area contributed by atoms with E-state index in [-0.39, 0.29) is 10.8 Å². The van der Waals surface area contributed by atoms with Crippen molar-refractivity contribution >= 4 is 15.9 Å². The Morgan fingerprint density at radius 2 is 1.67 bits per heavy atom. The number of nitrogens with zero attached hydrogens (tertiary/aromatic N) is 2. The normalized spacial score (nSPS) is 24.0. The van der Waals surface area contributed by atoms with Crippen LogP contribution in [0.2, 0.25) is 0 Å². The first-order chi connectivity index (χ1) is 11.5. The molecule has 1 aromatic carbocycles. The van der Waals surface area contributed by atoms with E-state index in [0.29, 0.717) is 18.9 Å². The van der Waals surface area contributed by atoms with Crippen molar-refractivity contribution in [2.75, 3.05) is 19.6 Å². The quantitative estimate of drug-likeness (QED) is 0.841. The van der Waals surface area contributed by atoms with E-state index in [9.17, 15) is 13.2 Å². The van der Waals surface area contributed by atoms with Gasteiger partial charge >= 0.3 is 0 Å². The predicted octanol–water partition coefficient (Wildman–Crippen LogP) is 2.49. The highest BCUT2D eigenvalue weighted by Gasteiger charge is 2.39. The van der Waals surface area contributed by atoms with E-state index >= 15 is 0 Å². The minimum absolute atomic E-state index is 0.0129. The van der Waals surface area contributed by atoms with Gasteiger partial charge in [0.25, 0.3) is 0 Å². The lowest BCUT2D eigenvalue weighted by molar-refractivity contribution is -0.137. The van der Waals surface area contributed by atoms with Crippen molar-refractivity contribution < 1.29 is 13.2 Å². The largest absolute Gasteiger partial charge is 0.341 e. The molecule has 0 radical (unpaired) electrons. The van der Waals surface area contributed by atoms with Crippen LogP contribution in [0.25, 0.3) is 0 Å². The minimum atomic E-state index is -3.62. The summed E-state index contributed by atoms with van der Waals surface area (Å²) < 4.78 is 27.4. The topological polar surface area (TPSA) is 57.7 Å². The van der Waals surface area contributed by atoms with E-state index in [1.54, 1.807) is 30.3 Å². The van der Waals surface area contributed by atoms with Crippen LogP contribution < -0.4 is 0 Å². The predicted molar refractivity (Wildman–Crippen MR) is 93.0 cm³/mol. The average Bonchev–Trinajstić information content (AvgIpc) is 2.62. The fraction of sp³-hybridized carbons (Fsp3) is 0.611. The number of hydrogen-bond donors (Lipinski definition) is 0. The van der Waals surface area contributed by atoms with Gasteiger partial charge in [-0.15, -0.1) is 0 Å². The summed E-state index contributed by atoms with van der Waals surface area (Å²) in [6, 6.07) is 7.91. The van der Waals surface area contributed by atoms with Crippen LogP contribution in [-0.2, 0) is 14.8 Å². The van der Waals surface area contributed by atoms with Gasteiger partial charge in [-0.2, -0.15) is 4.31 Å². The molecule has 0 bridgehead atoms. The number of rotatable bonds is 3. The van der Waals surface area contributed by atoms with Gasteiger partial charge in [0.15, 0.2) is 0 Å². The standard InChI is InChI=1S/C18H26N2O3S/c1-15-10-13-19(14-11-15)18(21)17-9-5-6-12-20(17)24(22,23)16-7-3-2-4-8-16/h2-4,7-8,15,17H,5-6,9-14H2,1H3. The zero-order valence-electron chi connectivity index (χ0n) is 14.2. The summed E-state index contributed by atoms with van der Waals surface area (Å²) in [6.45, 7) is 4.12. The van der Waals surface area contributed by atoms with Crippen LogP contribution in [0.15, 0.2) is 35.2 Å². The maximum absolute atomic E-state index is 13.0. The molecule has 0 N–H and O–H groups in total. The van der Waals surface area contributed by atoms with E-state index in [4.69, 9.17) is 0 Å². The zero-order valence-corrected chi connectivity index (χ0v) is 15.0. The fourth-order valence-electron chi connectivity index (χ4n) is 3.61. The third-order valence-electron chi connectivity index (χ3n) is 5.18. The monoisotopic (exact) mass is 350 g/mol. The van der Waals surface area contributed by atoms with E-state index in [2.05, 4.69) is 6.92 Å². The molecular formula is C18H26N2O3S. The van der Waals surface area contributed by atoms with Crippen molar-refractivity contribution in [1.29, 1.82) is 0 Å². The van der Waals surface area contributed by atoms with Crippen molar-refractivity contribution in [3.8, 4) is 0 Å². The van der Waals surface area contributed by atoms with Crippen molar-refractivity contribution in [3.05, 3.63) is 30.3 Å². The first-order valence-corrected chi connectivity index (χ1v) is 10.3. The molecule has 2 saturated heterocycles. The molecule has 1 atom stereocenters. The number of carbonyl (C=O) groups is 1. The Kier molecular flexibility index (Phi) is 5.25. The molecule has 1 amide bonds. The van der Waals surface area contributed by atoms with Crippen LogP contribution in [0.5, 0.6) is 0 Å². The number of carbonyl (C=O) groups excluding carboxylic acids is 1.